The van der Waals surface area contributed by atoms with E-state index in [4.69, 9.17) is 33.5 Å². The number of rotatable bonds is 22. The molecular weight excluding hydrogens is 1110 g/mol. The number of carboxylic acids is 1. The van der Waals surface area contributed by atoms with E-state index in [9.17, 15) is 24.3 Å². The molecule has 18 nitrogen and oxygen atoms in total. The maximum Gasteiger partial charge on any atom is 0.355 e. The molecule has 20 heteroatoms. The second kappa shape index (κ2) is 25.8. The third-order valence-electron chi connectivity index (χ3n) is 13.6. The average Bonchev–Trinajstić information content (AvgIpc) is 3.89. The van der Waals surface area contributed by atoms with E-state index in [0.29, 0.717) is 33.3 Å². The van der Waals surface area contributed by atoms with Crippen molar-refractivity contribution in [3.63, 3.8) is 0 Å². The van der Waals surface area contributed by atoms with Crippen LogP contribution in [0, 0.1) is 0 Å². The van der Waals surface area contributed by atoms with Gasteiger partial charge in [-0.15, -0.1) is 23.1 Å². The van der Waals surface area contributed by atoms with Crippen molar-refractivity contribution in [1.82, 2.24) is 15.2 Å². The molecule has 8 aromatic rings. The minimum atomic E-state index is -1.85. The van der Waals surface area contributed by atoms with Gasteiger partial charge in [0.25, 0.3) is 11.8 Å². The fraction of sp³-hybridized carbons (Fsp3) is 0.156. The Morgan fingerprint density at radius 2 is 1.24 bits per heavy atom. The van der Waals surface area contributed by atoms with Gasteiger partial charge in [-0.05, 0) is 64.2 Å². The van der Waals surface area contributed by atoms with Crippen molar-refractivity contribution in [3.05, 3.63) is 250 Å². The summed E-state index contributed by atoms with van der Waals surface area (Å²) in [6.07, 6.45) is -2.85. The van der Waals surface area contributed by atoms with Gasteiger partial charge < -0.3 is 44.3 Å². The van der Waals surface area contributed by atoms with Gasteiger partial charge in [-0.3, -0.25) is 24.1 Å². The summed E-state index contributed by atoms with van der Waals surface area (Å²) in [6, 6.07) is 56.6. The van der Waals surface area contributed by atoms with Gasteiger partial charge in [0.2, 0.25) is 6.10 Å². The summed E-state index contributed by atoms with van der Waals surface area (Å²) in [6.45, 7) is 2.16. The number of oxime groups is 1. The van der Waals surface area contributed by atoms with Crippen LogP contribution in [0.1, 0.15) is 65.1 Å². The third-order valence-corrected chi connectivity index (χ3v) is 15.7. The number of nitrogens with one attached hydrogen (secondary N) is 2. The van der Waals surface area contributed by atoms with E-state index < -0.39 is 70.6 Å². The zero-order valence-corrected chi connectivity index (χ0v) is 46.9. The largest absolute Gasteiger partial charge is 0.497 e. The predicted octanol–water partition coefficient (Wildman–Crippen LogP) is 10.0. The van der Waals surface area contributed by atoms with Crippen LogP contribution < -0.4 is 29.6 Å². The number of nitrogens with zero attached hydrogens (tertiary/aromatic N) is 3. The van der Waals surface area contributed by atoms with E-state index in [-0.39, 0.29) is 40.8 Å². The summed E-state index contributed by atoms with van der Waals surface area (Å²) in [5.41, 5.74) is 2.20. The quantitative estimate of drug-likeness (QED) is 0.0143. The van der Waals surface area contributed by atoms with Gasteiger partial charge in [0.05, 0.1) is 7.11 Å². The second-order valence-corrected chi connectivity index (χ2v) is 21.0. The number of thioether (sulfide) groups is 1. The number of esters is 3. The second-order valence-electron chi connectivity index (χ2n) is 19.1. The highest BCUT2D eigenvalue weighted by Crippen LogP contribution is 2.43. The molecular formula is C64H53N5O13S2. The lowest BCUT2D eigenvalue weighted by Gasteiger charge is -2.49. The summed E-state index contributed by atoms with van der Waals surface area (Å²) in [5.74, 6) is -4.80. The molecule has 2 aliphatic heterocycles. The summed E-state index contributed by atoms with van der Waals surface area (Å²) < 4.78 is 28.3. The SMILES string of the molecule is COc1ccc(OCC2=C(C(=O)O)N3C(=O)C(NC(=O)/C(=N\OC(C(=O)OC(c4ccccc4)c4ccccc4)c4ccc(OC(C)=O)c(OC(C)=O)c4)c4csc(NC(c5ccccc5)(c5ccccc5)c5ccccc5)n4)[C@H]3SC2)cc1. The Morgan fingerprint density at radius 3 is 1.77 bits per heavy atom. The first kappa shape index (κ1) is 57.2. The van der Waals surface area contributed by atoms with Crippen LogP contribution in [0.15, 0.2) is 216 Å². The number of hydrogen-bond acceptors (Lipinski definition) is 17. The van der Waals surface area contributed by atoms with Gasteiger partial charge in [-0.1, -0.05) is 163 Å². The molecule has 0 saturated carbocycles. The number of hydrogen-bond donors (Lipinski definition) is 3. The molecule has 424 valence electrons. The van der Waals surface area contributed by atoms with Crippen molar-refractivity contribution in [2.24, 2.45) is 5.16 Å². The summed E-state index contributed by atoms with van der Waals surface area (Å²) in [5, 5.41) is 22.4. The van der Waals surface area contributed by atoms with Crippen molar-refractivity contribution in [2.45, 2.75) is 43.0 Å². The first-order valence-electron chi connectivity index (χ1n) is 26.2. The molecule has 0 aliphatic carbocycles. The number of thiazole rings is 1. The molecule has 10 rings (SSSR count). The number of β-lactam (4-membered cyclic amide) rings is 1. The van der Waals surface area contributed by atoms with Crippen molar-refractivity contribution in [1.29, 1.82) is 0 Å². The number of benzene rings is 7. The molecule has 1 fully saturated rings. The molecule has 0 spiro atoms. The number of carbonyl (C=O) groups is 6. The highest BCUT2D eigenvalue weighted by atomic mass is 32.2. The van der Waals surface area contributed by atoms with Crippen LogP contribution in [0.5, 0.6) is 23.0 Å². The minimum absolute atomic E-state index is 0.0160. The first-order valence-corrected chi connectivity index (χ1v) is 28.2. The molecule has 84 heavy (non-hydrogen) atoms. The number of carbonyl (C=O) groups excluding carboxylic acids is 5. The van der Waals surface area contributed by atoms with Crippen LogP contribution in [0.2, 0.25) is 0 Å². The topological polar surface area (TPSA) is 231 Å². The van der Waals surface area contributed by atoms with E-state index >= 15 is 9.59 Å². The van der Waals surface area contributed by atoms with Crippen LogP contribution in [0.4, 0.5) is 5.13 Å². The Hall–Kier alpha value is -10.1. The normalized spacial score (nSPS) is 15.2. The van der Waals surface area contributed by atoms with Crippen LogP contribution in [0.3, 0.4) is 0 Å². The number of anilines is 1. The Morgan fingerprint density at radius 1 is 0.702 bits per heavy atom. The van der Waals surface area contributed by atoms with E-state index in [2.05, 4.69) is 15.8 Å². The molecule has 2 amide bonds. The number of amides is 2. The lowest BCUT2D eigenvalue weighted by Crippen LogP contribution is -2.71. The fourth-order valence-corrected chi connectivity index (χ4v) is 11.8. The van der Waals surface area contributed by atoms with Crippen LogP contribution >= 0.6 is 23.1 Å². The number of fused-ring (bicyclic) bond motifs is 1. The maximum atomic E-state index is 15.2. The molecule has 3 N–H and O–H groups in total. The van der Waals surface area contributed by atoms with Gasteiger partial charge in [0, 0.05) is 36.1 Å². The average molecular weight is 1160 g/mol. The summed E-state index contributed by atoms with van der Waals surface area (Å²) in [7, 11) is 1.53. The van der Waals surface area contributed by atoms with Crippen molar-refractivity contribution in [2.75, 3.05) is 24.8 Å². The lowest BCUT2D eigenvalue weighted by atomic mass is 9.77. The van der Waals surface area contributed by atoms with E-state index in [1.165, 1.54) is 37.1 Å². The maximum absolute atomic E-state index is 15.2. The van der Waals surface area contributed by atoms with E-state index in [1.54, 1.807) is 78.2 Å². The molecule has 3 heterocycles. The highest BCUT2D eigenvalue weighted by molar-refractivity contribution is 8.00. The molecule has 1 saturated heterocycles. The number of carboxylic acid groups (broad SMARTS) is 1. The number of ether oxygens (including phenoxy) is 5. The van der Waals surface area contributed by atoms with Gasteiger partial charge in [-0.25, -0.2) is 14.6 Å². The smallest absolute Gasteiger partial charge is 0.355 e. The van der Waals surface area contributed by atoms with E-state index in [1.807, 2.05) is 103 Å². The van der Waals surface area contributed by atoms with Crippen molar-refractivity contribution in [3.8, 4) is 23.0 Å². The Labute approximate surface area is 490 Å². The number of aliphatic carboxylic acids is 1. The molecule has 7 aromatic carbocycles. The molecule has 2 unspecified atom stereocenters. The van der Waals surface area contributed by atoms with E-state index in [0.717, 1.165) is 46.8 Å². The first-order chi connectivity index (χ1) is 40.8. The Bertz CT molecular complexity index is 3620. The summed E-state index contributed by atoms with van der Waals surface area (Å²) >= 11 is 2.36. The standard InChI is InChI=1S/C64H53N5O13S2/c1-39(70)79-51-34-29-43(35-52(51)80-40(2)71)57(62(76)81-56(41-19-9-4-10-20-41)42-21-11-5-12-22-42)82-68-53(58(72)66-54-59(73)69-55(61(74)75)44(37-83-60(54)69)36-78-49-32-30-48(77-3)31-33-49)50-38-84-63(65-50)67-64(45-23-13-6-14-24-45,46-25-15-7-16-26-46)47-27-17-8-18-28-47/h4-35,38,54,56-57,60H,36-37H2,1-3H3,(H,65,67)(H,66,72)(H,74,75)/b68-53-/t54?,57?,60-/m1/s1. The molecule has 2 aliphatic rings. The third kappa shape index (κ3) is 12.5. The Kier molecular flexibility index (Phi) is 17.6. The minimum Gasteiger partial charge on any atom is -0.497 e. The molecule has 1 aromatic heterocycles. The zero-order valence-electron chi connectivity index (χ0n) is 45.3. The highest BCUT2D eigenvalue weighted by Gasteiger charge is 2.55. The molecule has 0 bridgehead atoms. The fourth-order valence-electron chi connectivity index (χ4n) is 9.70. The van der Waals surface area contributed by atoms with Crippen LogP contribution in [0.25, 0.3) is 0 Å². The number of methoxy groups -OCH3 is 1. The predicted molar refractivity (Wildman–Crippen MR) is 313 cm³/mol. The van der Waals surface area contributed by atoms with Crippen LogP contribution in [-0.4, -0.2) is 87.3 Å². The Balaban J connectivity index is 1.05. The van der Waals surface area contributed by atoms with Crippen molar-refractivity contribution >= 4 is 69.6 Å². The number of aromatic nitrogens is 1. The summed E-state index contributed by atoms with van der Waals surface area (Å²) in [4.78, 5) is 94.4. The van der Waals surface area contributed by atoms with Crippen LogP contribution in [-0.2, 0) is 43.9 Å². The van der Waals surface area contributed by atoms with Gasteiger partial charge in [0.1, 0.15) is 46.5 Å². The van der Waals surface area contributed by atoms with Gasteiger partial charge in [0.15, 0.2) is 28.4 Å². The van der Waals surface area contributed by atoms with Gasteiger partial charge in [-0.2, -0.15) is 0 Å². The van der Waals surface area contributed by atoms with Crippen molar-refractivity contribution < 1.29 is 62.4 Å². The zero-order chi connectivity index (χ0) is 58.7. The molecule has 3 atom stereocenters. The molecule has 0 radical (unpaired) electrons. The monoisotopic (exact) mass is 1160 g/mol. The lowest BCUT2D eigenvalue weighted by molar-refractivity contribution is -0.162. The van der Waals surface area contributed by atoms with Gasteiger partial charge >= 0.3 is 23.9 Å².